The standard InChI is InChI=1S/C13H25NO3/c1-3-17-12-7-11(13(12)16-2)14-8-9-4-5-10(15)6-9/h9-15H,3-8H2,1-2H3. The number of ether oxygens (including phenoxy) is 2. The Morgan fingerprint density at radius 3 is 2.71 bits per heavy atom. The van der Waals surface area contributed by atoms with Gasteiger partial charge in [0.2, 0.25) is 0 Å². The average molecular weight is 243 g/mol. The maximum Gasteiger partial charge on any atom is 0.0986 e. The lowest BCUT2D eigenvalue weighted by molar-refractivity contribution is -0.131. The molecule has 0 heterocycles. The van der Waals surface area contributed by atoms with Crippen molar-refractivity contribution in [1.29, 1.82) is 0 Å². The predicted molar refractivity (Wildman–Crippen MR) is 66.0 cm³/mol. The number of aliphatic hydroxyl groups excluding tert-OH is 1. The minimum Gasteiger partial charge on any atom is -0.393 e. The van der Waals surface area contributed by atoms with Gasteiger partial charge in [0.1, 0.15) is 0 Å². The lowest BCUT2D eigenvalue weighted by atomic mass is 9.84. The first-order valence-electron chi connectivity index (χ1n) is 6.80. The molecular weight excluding hydrogens is 218 g/mol. The first-order chi connectivity index (χ1) is 8.24. The van der Waals surface area contributed by atoms with Crippen molar-refractivity contribution in [2.45, 2.75) is 57.0 Å². The van der Waals surface area contributed by atoms with Crippen LogP contribution in [0.5, 0.6) is 0 Å². The van der Waals surface area contributed by atoms with Crippen molar-refractivity contribution in [3.63, 3.8) is 0 Å². The zero-order valence-electron chi connectivity index (χ0n) is 10.9. The van der Waals surface area contributed by atoms with Crippen molar-refractivity contribution in [3.05, 3.63) is 0 Å². The molecule has 2 fully saturated rings. The van der Waals surface area contributed by atoms with Crippen molar-refractivity contribution in [2.24, 2.45) is 5.92 Å². The maximum atomic E-state index is 9.47. The van der Waals surface area contributed by atoms with Crippen LogP contribution in [-0.4, -0.2) is 49.7 Å². The molecule has 17 heavy (non-hydrogen) atoms. The van der Waals surface area contributed by atoms with Crippen molar-refractivity contribution >= 4 is 0 Å². The first kappa shape index (κ1) is 13.3. The molecule has 0 aromatic heterocycles. The van der Waals surface area contributed by atoms with Crippen LogP contribution < -0.4 is 5.32 Å². The van der Waals surface area contributed by atoms with Crippen LogP contribution in [0.2, 0.25) is 0 Å². The summed E-state index contributed by atoms with van der Waals surface area (Å²) in [6.07, 6.45) is 4.49. The SMILES string of the molecule is CCOC1CC(NCC2CCC(O)C2)C1OC. The molecule has 4 heteroatoms. The third-order valence-corrected chi connectivity index (χ3v) is 4.08. The largest absolute Gasteiger partial charge is 0.393 e. The van der Waals surface area contributed by atoms with E-state index in [2.05, 4.69) is 5.32 Å². The molecule has 0 aromatic carbocycles. The Kier molecular flexibility index (Phi) is 4.79. The molecule has 5 unspecified atom stereocenters. The van der Waals surface area contributed by atoms with E-state index in [0.29, 0.717) is 12.0 Å². The highest BCUT2D eigenvalue weighted by molar-refractivity contribution is 4.97. The van der Waals surface area contributed by atoms with Crippen LogP contribution >= 0.6 is 0 Å². The van der Waals surface area contributed by atoms with E-state index < -0.39 is 0 Å². The van der Waals surface area contributed by atoms with E-state index in [1.54, 1.807) is 7.11 Å². The van der Waals surface area contributed by atoms with Gasteiger partial charge in [0, 0.05) is 19.8 Å². The quantitative estimate of drug-likeness (QED) is 0.728. The van der Waals surface area contributed by atoms with Gasteiger partial charge in [-0.2, -0.15) is 0 Å². The Bertz CT molecular complexity index is 237. The maximum absolute atomic E-state index is 9.47. The van der Waals surface area contributed by atoms with Crippen molar-refractivity contribution in [1.82, 2.24) is 5.32 Å². The summed E-state index contributed by atoms with van der Waals surface area (Å²) < 4.78 is 11.1. The van der Waals surface area contributed by atoms with E-state index in [9.17, 15) is 5.11 Å². The van der Waals surface area contributed by atoms with Gasteiger partial charge >= 0.3 is 0 Å². The van der Waals surface area contributed by atoms with Gasteiger partial charge in [-0.1, -0.05) is 0 Å². The lowest BCUT2D eigenvalue weighted by Crippen LogP contribution is -2.60. The van der Waals surface area contributed by atoms with Crippen molar-refractivity contribution < 1.29 is 14.6 Å². The molecule has 0 bridgehead atoms. The Hall–Kier alpha value is -0.160. The second kappa shape index (κ2) is 6.14. The molecule has 0 aromatic rings. The molecule has 2 N–H and O–H groups in total. The number of hydrogen-bond donors (Lipinski definition) is 2. The minimum absolute atomic E-state index is 0.0717. The van der Waals surface area contributed by atoms with E-state index in [1.807, 2.05) is 6.92 Å². The Balaban J connectivity index is 1.66. The molecule has 2 aliphatic carbocycles. The highest BCUT2D eigenvalue weighted by Gasteiger charge is 2.42. The highest BCUT2D eigenvalue weighted by atomic mass is 16.5. The van der Waals surface area contributed by atoms with E-state index >= 15 is 0 Å². The molecule has 0 radical (unpaired) electrons. The Morgan fingerprint density at radius 1 is 1.29 bits per heavy atom. The van der Waals surface area contributed by atoms with E-state index in [4.69, 9.17) is 9.47 Å². The van der Waals surface area contributed by atoms with Gasteiger partial charge in [-0.05, 0) is 45.1 Å². The van der Waals surface area contributed by atoms with Gasteiger partial charge in [-0.3, -0.25) is 0 Å². The number of nitrogens with one attached hydrogen (secondary N) is 1. The van der Waals surface area contributed by atoms with Crippen LogP contribution in [0.15, 0.2) is 0 Å². The molecule has 0 amide bonds. The smallest absolute Gasteiger partial charge is 0.0986 e. The molecule has 0 aliphatic heterocycles. The third-order valence-electron chi connectivity index (χ3n) is 4.08. The van der Waals surface area contributed by atoms with Crippen LogP contribution in [0.3, 0.4) is 0 Å². The van der Waals surface area contributed by atoms with E-state index in [1.165, 1.54) is 0 Å². The van der Waals surface area contributed by atoms with Crippen LogP contribution in [0.1, 0.15) is 32.6 Å². The fourth-order valence-corrected chi connectivity index (χ4v) is 3.03. The fourth-order valence-electron chi connectivity index (χ4n) is 3.03. The monoisotopic (exact) mass is 243 g/mol. The predicted octanol–water partition coefficient (Wildman–Crippen LogP) is 0.929. The first-order valence-corrected chi connectivity index (χ1v) is 6.80. The van der Waals surface area contributed by atoms with Crippen molar-refractivity contribution in [3.8, 4) is 0 Å². The van der Waals surface area contributed by atoms with Gasteiger partial charge in [-0.25, -0.2) is 0 Å². The number of hydrogen-bond acceptors (Lipinski definition) is 4. The van der Waals surface area contributed by atoms with Gasteiger partial charge in [0.25, 0.3) is 0 Å². The second-order valence-electron chi connectivity index (χ2n) is 5.28. The molecule has 0 spiro atoms. The van der Waals surface area contributed by atoms with Crippen LogP contribution in [0.4, 0.5) is 0 Å². The minimum atomic E-state index is -0.0717. The summed E-state index contributed by atoms with van der Waals surface area (Å²) in [5, 5.41) is 13.0. The van der Waals surface area contributed by atoms with E-state index in [-0.39, 0.29) is 18.3 Å². The van der Waals surface area contributed by atoms with Crippen LogP contribution in [0.25, 0.3) is 0 Å². The molecule has 4 nitrogen and oxygen atoms in total. The zero-order chi connectivity index (χ0) is 12.3. The number of aliphatic hydroxyl groups is 1. The average Bonchev–Trinajstić information content (AvgIpc) is 2.69. The van der Waals surface area contributed by atoms with Gasteiger partial charge in [-0.15, -0.1) is 0 Å². The third kappa shape index (κ3) is 3.19. The lowest BCUT2D eigenvalue weighted by Gasteiger charge is -2.43. The molecular formula is C13H25NO3. The van der Waals surface area contributed by atoms with E-state index in [0.717, 1.165) is 38.8 Å². The summed E-state index contributed by atoms with van der Waals surface area (Å²) in [6.45, 7) is 3.78. The normalized spacial score (nSPS) is 41.5. The van der Waals surface area contributed by atoms with Gasteiger partial charge in [0.05, 0.1) is 18.3 Å². The molecule has 100 valence electrons. The zero-order valence-corrected chi connectivity index (χ0v) is 10.9. The van der Waals surface area contributed by atoms with Crippen LogP contribution in [0, 0.1) is 5.92 Å². The number of rotatable bonds is 6. The Labute approximate surface area is 104 Å². The number of methoxy groups -OCH3 is 1. The summed E-state index contributed by atoms with van der Waals surface area (Å²) in [5.41, 5.74) is 0. The summed E-state index contributed by atoms with van der Waals surface area (Å²) in [7, 11) is 1.75. The summed E-state index contributed by atoms with van der Waals surface area (Å²) in [4.78, 5) is 0. The topological polar surface area (TPSA) is 50.7 Å². The molecule has 0 saturated heterocycles. The molecule has 2 saturated carbocycles. The summed E-state index contributed by atoms with van der Waals surface area (Å²) in [6, 6.07) is 0.425. The van der Waals surface area contributed by atoms with Gasteiger partial charge < -0.3 is 19.9 Å². The molecule has 2 aliphatic rings. The Morgan fingerprint density at radius 2 is 2.12 bits per heavy atom. The molecule has 2 rings (SSSR count). The summed E-state index contributed by atoms with van der Waals surface area (Å²) >= 11 is 0. The van der Waals surface area contributed by atoms with Gasteiger partial charge in [0.15, 0.2) is 0 Å². The van der Waals surface area contributed by atoms with Crippen molar-refractivity contribution in [2.75, 3.05) is 20.3 Å². The highest BCUT2D eigenvalue weighted by Crippen LogP contribution is 2.29. The summed E-state index contributed by atoms with van der Waals surface area (Å²) in [5.74, 6) is 0.633. The fraction of sp³-hybridized carbons (Fsp3) is 1.00. The van der Waals surface area contributed by atoms with Crippen LogP contribution in [-0.2, 0) is 9.47 Å². The second-order valence-corrected chi connectivity index (χ2v) is 5.28. The molecule has 5 atom stereocenters.